The lowest BCUT2D eigenvalue weighted by Crippen LogP contribution is -2.49. The Morgan fingerprint density at radius 2 is 2.00 bits per heavy atom. The average Bonchev–Trinajstić information content (AvgIpc) is 2.92. The van der Waals surface area contributed by atoms with Crippen LogP contribution in [-0.2, 0) is 14.3 Å². The van der Waals surface area contributed by atoms with Crippen LogP contribution in [0.3, 0.4) is 0 Å². The van der Waals surface area contributed by atoms with Gasteiger partial charge in [-0.25, -0.2) is 0 Å². The third-order valence-corrected chi connectivity index (χ3v) is 4.14. The highest BCUT2D eigenvalue weighted by Gasteiger charge is 2.37. The number of rotatable bonds is 5. The Bertz CT molecular complexity index is 292. The van der Waals surface area contributed by atoms with Crippen LogP contribution in [0.2, 0.25) is 0 Å². The van der Waals surface area contributed by atoms with Crippen molar-refractivity contribution in [3.63, 3.8) is 0 Å². The standard InChI is InChI=1S/C14H26N2O3/c1-3-6-15-13-10-19-9-12(13)14(17)16(2)11-4-7-18-8-5-11/h11-13,15H,3-10H2,1-2H3. The minimum atomic E-state index is -0.0283. The summed E-state index contributed by atoms with van der Waals surface area (Å²) in [6, 6.07) is 0.503. The third-order valence-electron chi connectivity index (χ3n) is 4.14. The second-order valence-corrected chi connectivity index (χ2v) is 5.50. The first-order chi connectivity index (χ1) is 9.24. The zero-order chi connectivity index (χ0) is 13.7. The van der Waals surface area contributed by atoms with Crippen LogP contribution < -0.4 is 5.32 Å². The van der Waals surface area contributed by atoms with Crippen molar-refractivity contribution in [2.75, 3.05) is 40.0 Å². The first-order valence-corrected chi connectivity index (χ1v) is 7.39. The predicted octanol–water partition coefficient (Wildman–Crippen LogP) is 0.638. The van der Waals surface area contributed by atoms with E-state index < -0.39 is 0 Å². The predicted molar refractivity (Wildman–Crippen MR) is 73.0 cm³/mol. The van der Waals surface area contributed by atoms with Crippen molar-refractivity contribution in [2.45, 2.75) is 38.3 Å². The van der Waals surface area contributed by atoms with Crippen LogP contribution in [-0.4, -0.2) is 62.9 Å². The highest BCUT2D eigenvalue weighted by molar-refractivity contribution is 5.80. The van der Waals surface area contributed by atoms with Crippen LogP contribution in [0.15, 0.2) is 0 Å². The van der Waals surface area contributed by atoms with Crippen LogP contribution in [0.25, 0.3) is 0 Å². The largest absolute Gasteiger partial charge is 0.381 e. The van der Waals surface area contributed by atoms with Crippen molar-refractivity contribution in [3.05, 3.63) is 0 Å². The molecule has 2 saturated heterocycles. The number of nitrogens with zero attached hydrogens (tertiary/aromatic N) is 1. The van der Waals surface area contributed by atoms with Gasteiger partial charge < -0.3 is 19.7 Å². The summed E-state index contributed by atoms with van der Waals surface area (Å²) in [4.78, 5) is 14.5. The van der Waals surface area contributed by atoms with Crippen LogP contribution in [0.1, 0.15) is 26.2 Å². The molecule has 0 aromatic heterocycles. The topological polar surface area (TPSA) is 50.8 Å². The van der Waals surface area contributed by atoms with E-state index in [9.17, 15) is 4.79 Å². The molecular formula is C14H26N2O3. The van der Waals surface area contributed by atoms with E-state index in [1.807, 2.05) is 11.9 Å². The van der Waals surface area contributed by atoms with E-state index in [4.69, 9.17) is 9.47 Å². The maximum absolute atomic E-state index is 12.6. The molecule has 1 amide bonds. The summed E-state index contributed by atoms with van der Waals surface area (Å²) in [5, 5.41) is 3.42. The average molecular weight is 270 g/mol. The molecule has 0 saturated carbocycles. The minimum Gasteiger partial charge on any atom is -0.381 e. The molecule has 2 fully saturated rings. The van der Waals surface area contributed by atoms with Gasteiger partial charge in [-0.15, -0.1) is 0 Å². The van der Waals surface area contributed by atoms with Gasteiger partial charge in [0, 0.05) is 32.3 Å². The van der Waals surface area contributed by atoms with Gasteiger partial charge >= 0.3 is 0 Å². The van der Waals surface area contributed by atoms with Crippen molar-refractivity contribution in [1.82, 2.24) is 10.2 Å². The molecular weight excluding hydrogens is 244 g/mol. The van der Waals surface area contributed by atoms with E-state index in [1.54, 1.807) is 0 Å². The second kappa shape index (κ2) is 7.22. The fraction of sp³-hybridized carbons (Fsp3) is 0.929. The molecule has 110 valence electrons. The van der Waals surface area contributed by atoms with Gasteiger partial charge in [-0.3, -0.25) is 4.79 Å². The number of carbonyl (C=O) groups excluding carboxylic acids is 1. The van der Waals surface area contributed by atoms with Gasteiger partial charge in [-0.05, 0) is 25.8 Å². The van der Waals surface area contributed by atoms with Crippen LogP contribution in [0.4, 0.5) is 0 Å². The summed E-state index contributed by atoms with van der Waals surface area (Å²) in [5.74, 6) is 0.192. The lowest BCUT2D eigenvalue weighted by atomic mass is 9.99. The van der Waals surface area contributed by atoms with Crippen molar-refractivity contribution >= 4 is 5.91 Å². The van der Waals surface area contributed by atoms with Gasteiger partial charge in [0.25, 0.3) is 0 Å². The maximum Gasteiger partial charge on any atom is 0.229 e. The molecule has 0 radical (unpaired) electrons. The number of nitrogens with one attached hydrogen (secondary N) is 1. The number of ether oxygens (including phenoxy) is 2. The summed E-state index contributed by atoms with van der Waals surface area (Å²) >= 11 is 0. The molecule has 0 bridgehead atoms. The van der Waals surface area contributed by atoms with Gasteiger partial charge in [0.15, 0.2) is 0 Å². The van der Waals surface area contributed by atoms with Gasteiger partial charge in [0.2, 0.25) is 5.91 Å². The Balaban J connectivity index is 1.89. The number of carbonyl (C=O) groups is 1. The van der Waals surface area contributed by atoms with E-state index in [2.05, 4.69) is 12.2 Å². The number of hydrogen-bond acceptors (Lipinski definition) is 4. The van der Waals surface area contributed by atoms with Gasteiger partial charge in [-0.2, -0.15) is 0 Å². The first kappa shape index (κ1) is 14.8. The zero-order valence-corrected chi connectivity index (χ0v) is 12.1. The fourth-order valence-corrected chi connectivity index (χ4v) is 2.84. The SMILES string of the molecule is CCCNC1COCC1C(=O)N(C)C1CCOCC1. The monoisotopic (exact) mass is 270 g/mol. The van der Waals surface area contributed by atoms with E-state index in [-0.39, 0.29) is 17.9 Å². The quantitative estimate of drug-likeness (QED) is 0.796. The first-order valence-electron chi connectivity index (χ1n) is 7.39. The van der Waals surface area contributed by atoms with Gasteiger partial charge in [-0.1, -0.05) is 6.92 Å². The Morgan fingerprint density at radius 3 is 2.68 bits per heavy atom. The van der Waals surface area contributed by atoms with E-state index in [1.165, 1.54) is 0 Å². The Hall–Kier alpha value is -0.650. The molecule has 0 aliphatic carbocycles. The highest BCUT2D eigenvalue weighted by Crippen LogP contribution is 2.20. The molecule has 1 N–H and O–H groups in total. The van der Waals surface area contributed by atoms with Crippen molar-refractivity contribution in [1.29, 1.82) is 0 Å². The molecule has 2 aliphatic heterocycles. The third kappa shape index (κ3) is 3.68. The molecule has 2 rings (SSSR count). The van der Waals surface area contributed by atoms with Crippen LogP contribution in [0, 0.1) is 5.92 Å². The smallest absolute Gasteiger partial charge is 0.229 e. The van der Waals surface area contributed by atoms with E-state index in [0.717, 1.165) is 39.0 Å². The molecule has 2 atom stereocenters. The zero-order valence-electron chi connectivity index (χ0n) is 12.1. The van der Waals surface area contributed by atoms with Crippen molar-refractivity contribution in [3.8, 4) is 0 Å². The molecule has 2 unspecified atom stereocenters. The Kier molecular flexibility index (Phi) is 5.60. The fourth-order valence-electron chi connectivity index (χ4n) is 2.84. The van der Waals surface area contributed by atoms with E-state index >= 15 is 0 Å². The molecule has 2 aliphatic rings. The molecule has 0 aromatic rings. The minimum absolute atomic E-state index is 0.0283. The summed E-state index contributed by atoms with van der Waals surface area (Å²) < 4.78 is 10.8. The maximum atomic E-state index is 12.6. The molecule has 19 heavy (non-hydrogen) atoms. The number of hydrogen-bond donors (Lipinski definition) is 1. The molecule has 5 heteroatoms. The van der Waals surface area contributed by atoms with Crippen molar-refractivity contribution in [2.24, 2.45) is 5.92 Å². The summed E-state index contributed by atoms with van der Waals surface area (Å²) in [6.07, 6.45) is 2.97. The second-order valence-electron chi connectivity index (χ2n) is 5.50. The van der Waals surface area contributed by atoms with E-state index in [0.29, 0.717) is 19.3 Å². The molecule has 0 aromatic carbocycles. The van der Waals surface area contributed by atoms with Crippen molar-refractivity contribution < 1.29 is 14.3 Å². The van der Waals surface area contributed by atoms with Gasteiger partial charge in [0.1, 0.15) is 0 Å². The number of amides is 1. The lowest BCUT2D eigenvalue weighted by molar-refractivity contribution is -0.138. The van der Waals surface area contributed by atoms with Crippen LogP contribution in [0.5, 0.6) is 0 Å². The van der Waals surface area contributed by atoms with Crippen LogP contribution >= 0.6 is 0 Å². The molecule has 2 heterocycles. The summed E-state index contributed by atoms with van der Waals surface area (Å²) in [7, 11) is 1.92. The normalized spacial score (nSPS) is 28.5. The summed E-state index contributed by atoms with van der Waals surface area (Å²) in [5.41, 5.74) is 0. The highest BCUT2D eigenvalue weighted by atomic mass is 16.5. The van der Waals surface area contributed by atoms with Gasteiger partial charge in [0.05, 0.1) is 19.1 Å². The lowest BCUT2D eigenvalue weighted by Gasteiger charge is -2.33. The summed E-state index contributed by atoms with van der Waals surface area (Å²) in [6.45, 7) is 5.81. The molecule has 5 nitrogen and oxygen atoms in total. The Morgan fingerprint density at radius 1 is 1.26 bits per heavy atom. The molecule has 0 spiro atoms. The Labute approximate surface area is 115 Å².